The minimum Gasteiger partial charge on any atom is -0.490 e. The topological polar surface area (TPSA) is 65.7 Å². The molecular formula is C31H26Br2ClN3O3. The molecule has 6 nitrogen and oxygen atoms in total. The minimum atomic E-state index is -0.256. The van der Waals surface area contributed by atoms with Crippen LogP contribution in [0.3, 0.4) is 0 Å². The van der Waals surface area contributed by atoms with Gasteiger partial charge in [-0.15, -0.1) is 0 Å². The van der Waals surface area contributed by atoms with Gasteiger partial charge in [-0.05, 0) is 63.5 Å². The van der Waals surface area contributed by atoms with Crippen LogP contribution < -0.4 is 15.0 Å². The fraction of sp³-hybridized carbons (Fsp3) is 0.194. The quantitative estimate of drug-likeness (QED) is 0.154. The number of rotatable bonds is 8. The molecule has 0 atom stereocenters. The first-order valence-electron chi connectivity index (χ1n) is 12.8. The first-order chi connectivity index (χ1) is 19.3. The normalized spacial score (nSPS) is 11.7. The van der Waals surface area contributed by atoms with E-state index >= 15 is 0 Å². The first-order valence-corrected chi connectivity index (χ1v) is 14.8. The largest absolute Gasteiger partial charge is 0.490 e. The van der Waals surface area contributed by atoms with E-state index in [9.17, 15) is 4.79 Å². The van der Waals surface area contributed by atoms with Crippen LogP contribution in [0.4, 0.5) is 0 Å². The maximum atomic E-state index is 13.4. The Hall–Kier alpha value is -3.20. The molecule has 0 fully saturated rings. The molecular weight excluding hydrogens is 658 g/mol. The van der Waals surface area contributed by atoms with Gasteiger partial charge in [0.25, 0.3) is 5.56 Å². The lowest BCUT2D eigenvalue weighted by Gasteiger charge is -2.17. The highest BCUT2D eigenvalue weighted by atomic mass is 79.9. The van der Waals surface area contributed by atoms with Crippen molar-refractivity contribution in [3.63, 3.8) is 0 Å². The van der Waals surface area contributed by atoms with Crippen LogP contribution in [0.25, 0.3) is 21.7 Å². The SMILES string of the molecule is CCOc1cc(C=Nn2c(C(C)C)nc3ccc(Br)cc3c2=O)c(Br)c(Cl)c1OCc1cccc2ccccc12. The average molecular weight is 684 g/mol. The molecule has 0 bridgehead atoms. The maximum absolute atomic E-state index is 13.4. The standard InChI is InChI=1S/C31H26Br2ClN3O3/c1-4-39-26-14-21(16-35-37-30(18(2)3)36-25-13-12-22(32)15-24(25)31(37)38)27(33)28(34)29(26)40-17-20-10-7-9-19-8-5-6-11-23(19)20/h5-16,18H,4,17H2,1-3H3. The van der Waals surface area contributed by atoms with Crippen molar-refractivity contribution in [1.29, 1.82) is 0 Å². The second kappa shape index (κ2) is 12.1. The molecule has 0 spiro atoms. The number of fused-ring (bicyclic) bond motifs is 2. The van der Waals surface area contributed by atoms with Crippen molar-refractivity contribution in [2.45, 2.75) is 33.3 Å². The number of benzene rings is 4. The van der Waals surface area contributed by atoms with Crippen molar-refractivity contribution in [3.05, 3.63) is 108 Å². The van der Waals surface area contributed by atoms with Crippen LogP contribution in [0.2, 0.25) is 5.02 Å². The fourth-order valence-electron chi connectivity index (χ4n) is 4.44. The van der Waals surface area contributed by atoms with E-state index in [0.717, 1.165) is 20.8 Å². The third kappa shape index (κ3) is 5.66. The molecule has 5 aromatic rings. The Morgan fingerprint density at radius 2 is 1.80 bits per heavy atom. The molecule has 204 valence electrons. The molecule has 9 heteroatoms. The fourth-order valence-corrected chi connectivity index (χ4v) is 5.45. The van der Waals surface area contributed by atoms with Gasteiger partial charge in [0, 0.05) is 20.4 Å². The minimum absolute atomic E-state index is 0.0336. The van der Waals surface area contributed by atoms with Crippen molar-refractivity contribution < 1.29 is 9.47 Å². The molecule has 5 rings (SSSR count). The van der Waals surface area contributed by atoms with E-state index in [4.69, 9.17) is 26.1 Å². The number of hydrogen-bond donors (Lipinski definition) is 0. The molecule has 0 aliphatic carbocycles. The van der Waals surface area contributed by atoms with Crippen LogP contribution >= 0.6 is 43.5 Å². The summed E-state index contributed by atoms with van der Waals surface area (Å²) < 4.78 is 14.9. The van der Waals surface area contributed by atoms with Crippen molar-refractivity contribution >= 4 is 71.4 Å². The van der Waals surface area contributed by atoms with E-state index in [1.807, 2.05) is 57.2 Å². The van der Waals surface area contributed by atoms with Gasteiger partial charge in [-0.1, -0.05) is 83.8 Å². The van der Waals surface area contributed by atoms with Gasteiger partial charge in [0.2, 0.25) is 0 Å². The summed E-state index contributed by atoms with van der Waals surface area (Å²) in [7, 11) is 0. The van der Waals surface area contributed by atoms with Gasteiger partial charge in [-0.2, -0.15) is 9.78 Å². The second-order valence-corrected chi connectivity index (χ2v) is 11.5. The lowest BCUT2D eigenvalue weighted by molar-refractivity contribution is 0.270. The molecule has 0 aliphatic rings. The Kier molecular flexibility index (Phi) is 8.59. The van der Waals surface area contributed by atoms with E-state index in [1.165, 1.54) is 4.68 Å². The highest BCUT2D eigenvalue weighted by Gasteiger charge is 2.19. The molecule has 1 heterocycles. The van der Waals surface area contributed by atoms with Crippen LogP contribution in [0, 0.1) is 0 Å². The van der Waals surface area contributed by atoms with Gasteiger partial charge in [-0.25, -0.2) is 4.98 Å². The summed E-state index contributed by atoms with van der Waals surface area (Å²) in [6.45, 7) is 6.57. The van der Waals surface area contributed by atoms with Gasteiger partial charge < -0.3 is 9.47 Å². The molecule has 0 radical (unpaired) electrons. The molecule has 4 aromatic carbocycles. The van der Waals surface area contributed by atoms with Crippen LogP contribution in [-0.2, 0) is 6.61 Å². The highest BCUT2D eigenvalue weighted by Crippen LogP contribution is 2.43. The van der Waals surface area contributed by atoms with Gasteiger partial charge in [0.1, 0.15) is 17.5 Å². The van der Waals surface area contributed by atoms with Crippen molar-refractivity contribution in [1.82, 2.24) is 9.66 Å². The van der Waals surface area contributed by atoms with Crippen molar-refractivity contribution in [2.75, 3.05) is 6.61 Å². The maximum Gasteiger partial charge on any atom is 0.282 e. The predicted molar refractivity (Wildman–Crippen MR) is 169 cm³/mol. The number of hydrogen-bond acceptors (Lipinski definition) is 5. The Morgan fingerprint density at radius 1 is 1.02 bits per heavy atom. The Morgan fingerprint density at radius 3 is 2.58 bits per heavy atom. The van der Waals surface area contributed by atoms with E-state index < -0.39 is 0 Å². The van der Waals surface area contributed by atoms with Crippen molar-refractivity contribution in [2.24, 2.45) is 5.10 Å². The van der Waals surface area contributed by atoms with Gasteiger partial charge in [0.15, 0.2) is 11.5 Å². The van der Waals surface area contributed by atoms with E-state index in [-0.39, 0.29) is 11.5 Å². The third-order valence-electron chi connectivity index (χ3n) is 6.37. The van der Waals surface area contributed by atoms with E-state index in [2.05, 4.69) is 55.2 Å². The van der Waals surface area contributed by atoms with Gasteiger partial charge in [0.05, 0.1) is 23.7 Å². The second-order valence-electron chi connectivity index (χ2n) is 9.43. The lowest BCUT2D eigenvalue weighted by Crippen LogP contribution is -2.23. The number of ether oxygens (including phenoxy) is 2. The summed E-state index contributed by atoms with van der Waals surface area (Å²) in [5.41, 5.74) is 2.03. The number of aromatic nitrogens is 2. The monoisotopic (exact) mass is 681 g/mol. The molecule has 0 amide bonds. The molecule has 0 saturated carbocycles. The highest BCUT2D eigenvalue weighted by molar-refractivity contribution is 9.10. The van der Waals surface area contributed by atoms with Gasteiger partial charge in [-0.3, -0.25) is 4.79 Å². The Labute approximate surface area is 253 Å². The first kappa shape index (κ1) is 28.3. The molecule has 0 unspecified atom stereocenters. The predicted octanol–water partition coefficient (Wildman–Crippen LogP) is 8.71. The zero-order chi connectivity index (χ0) is 28.4. The summed E-state index contributed by atoms with van der Waals surface area (Å²) in [4.78, 5) is 18.1. The van der Waals surface area contributed by atoms with Crippen molar-refractivity contribution in [3.8, 4) is 11.5 Å². The van der Waals surface area contributed by atoms with Gasteiger partial charge >= 0.3 is 0 Å². The zero-order valence-corrected chi connectivity index (χ0v) is 26.0. The van der Waals surface area contributed by atoms with Crippen LogP contribution in [0.15, 0.2) is 85.6 Å². The van der Waals surface area contributed by atoms with Crippen LogP contribution in [0.1, 0.15) is 43.6 Å². The zero-order valence-electron chi connectivity index (χ0n) is 22.1. The molecule has 40 heavy (non-hydrogen) atoms. The number of halogens is 3. The average Bonchev–Trinajstić information content (AvgIpc) is 2.95. The molecule has 0 aliphatic heterocycles. The van der Waals surface area contributed by atoms with Crippen LogP contribution in [-0.4, -0.2) is 22.5 Å². The van der Waals surface area contributed by atoms with E-state index in [0.29, 0.717) is 56.5 Å². The summed E-state index contributed by atoms with van der Waals surface area (Å²) >= 11 is 13.9. The van der Waals surface area contributed by atoms with E-state index in [1.54, 1.807) is 18.3 Å². The summed E-state index contributed by atoms with van der Waals surface area (Å²) in [5, 5.41) is 7.63. The smallest absolute Gasteiger partial charge is 0.282 e. The Bertz CT molecular complexity index is 1810. The number of nitrogens with zero attached hydrogens (tertiary/aromatic N) is 3. The summed E-state index contributed by atoms with van der Waals surface area (Å²) in [6, 6.07) is 21.5. The summed E-state index contributed by atoms with van der Waals surface area (Å²) in [6.07, 6.45) is 1.58. The third-order valence-corrected chi connectivity index (χ3v) is 8.31. The molecule has 0 N–H and O–H groups in total. The molecule has 0 saturated heterocycles. The summed E-state index contributed by atoms with van der Waals surface area (Å²) in [5.74, 6) is 1.43. The lowest BCUT2D eigenvalue weighted by atomic mass is 10.1. The molecule has 1 aromatic heterocycles. The van der Waals surface area contributed by atoms with Crippen LogP contribution in [0.5, 0.6) is 11.5 Å². The Balaban J connectivity index is 1.53.